The molecule has 0 aromatic heterocycles. The average Bonchev–Trinajstić information content (AvgIpc) is 2.62. The van der Waals surface area contributed by atoms with E-state index in [2.05, 4.69) is 0 Å². The molecule has 4 nitrogen and oxygen atoms in total. The summed E-state index contributed by atoms with van der Waals surface area (Å²) in [6, 6.07) is 9.26. The Kier molecular flexibility index (Phi) is 5.24. The number of nitriles is 1. The van der Waals surface area contributed by atoms with E-state index in [1.165, 1.54) is 23.1 Å². The van der Waals surface area contributed by atoms with Gasteiger partial charge in [-0.3, -0.25) is 9.69 Å². The fourth-order valence-electron chi connectivity index (χ4n) is 2.92. The Morgan fingerprint density at radius 2 is 1.77 bits per heavy atom. The summed E-state index contributed by atoms with van der Waals surface area (Å²) in [7, 11) is 0. The van der Waals surface area contributed by atoms with Crippen molar-refractivity contribution in [1.82, 2.24) is 9.80 Å². The van der Waals surface area contributed by atoms with Crippen molar-refractivity contribution in [3.63, 3.8) is 0 Å². The summed E-state index contributed by atoms with van der Waals surface area (Å²) in [5, 5.41) is 8.77. The second-order valence-corrected chi connectivity index (χ2v) is 6.18. The van der Waals surface area contributed by atoms with E-state index in [4.69, 9.17) is 5.26 Å². The van der Waals surface area contributed by atoms with Crippen molar-refractivity contribution < 1.29 is 18.0 Å². The molecule has 2 aromatic rings. The van der Waals surface area contributed by atoms with Gasteiger partial charge in [-0.2, -0.15) is 5.26 Å². The molecule has 7 heteroatoms. The van der Waals surface area contributed by atoms with E-state index in [-0.39, 0.29) is 36.7 Å². The summed E-state index contributed by atoms with van der Waals surface area (Å²) in [4.78, 5) is 15.6. The Bertz CT molecular complexity index is 879. The molecule has 1 heterocycles. The summed E-state index contributed by atoms with van der Waals surface area (Å²) < 4.78 is 41.0. The first-order chi connectivity index (χ1) is 12.5. The van der Waals surface area contributed by atoms with Gasteiger partial charge in [0.25, 0.3) is 0 Å². The molecule has 1 fully saturated rings. The largest absolute Gasteiger partial charge is 0.336 e. The van der Waals surface area contributed by atoms with Crippen molar-refractivity contribution in [3.05, 3.63) is 70.5 Å². The number of halogens is 3. The van der Waals surface area contributed by atoms with Crippen molar-refractivity contribution in [1.29, 1.82) is 5.26 Å². The molecular weight excluding hydrogens is 343 g/mol. The van der Waals surface area contributed by atoms with Crippen molar-refractivity contribution >= 4 is 5.91 Å². The molecular formula is C19H16F3N3O. The maximum Gasteiger partial charge on any atom is 0.237 e. The van der Waals surface area contributed by atoms with Gasteiger partial charge in [-0.1, -0.05) is 6.07 Å². The molecule has 0 bridgehead atoms. The summed E-state index contributed by atoms with van der Waals surface area (Å²) in [5.74, 6) is -1.82. The number of rotatable bonds is 4. The van der Waals surface area contributed by atoms with Gasteiger partial charge in [0.15, 0.2) is 0 Å². The normalized spacial score (nSPS) is 15.2. The van der Waals surface area contributed by atoms with E-state index >= 15 is 0 Å². The lowest BCUT2D eigenvalue weighted by molar-refractivity contribution is -0.136. The highest BCUT2D eigenvalue weighted by atomic mass is 19.1. The second-order valence-electron chi connectivity index (χ2n) is 6.18. The van der Waals surface area contributed by atoms with Crippen molar-refractivity contribution in [2.24, 2.45) is 0 Å². The Morgan fingerprint density at radius 1 is 0.962 bits per heavy atom. The monoisotopic (exact) mass is 359 g/mol. The van der Waals surface area contributed by atoms with E-state index in [0.717, 1.165) is 18.2 Å². The molecule has 26 heavy (non-hydrogen) atoms. The quantitative estimate of drug-likeness (QED) is 0.843. The first-order valence-corrected chi connectivity index (χ1v) is 8.09. The van der Waals surface area contributed by atoms with Crippen LogP contribution in [0.15, 0.2) is 36.4 Å². The van der Waals surface area contributed by atoms with Crippen LogP contribution in [0.3, 0.4) is 0 Å². The maximum absolute atomic E-state index is 14.0. The number of benzene rings is 2. The molecule has 1 aliphatic heterocycles. The minimum absolute atomic E-state index is 0.00148. The van der Waals surface area contributed by atoms with E-state index < -0.39 is 17.5 Å². The molecule has 3 rings (SSSR count). The van der Waals surface area contributed by atoms with Crippen LogP contribution >= 0.6 is 0 Å². The Hall–Kier alpha value is -2.85. The first kappa shape index (κ1) is 18.0. The van der Waals surface area contributed by atoms with E-state index in [1.807, 2.05) is 6.07 Å². The molecule has 0 saturated carbocycles. The van der Waals surface area contributed by atoms with E-state index in [1.54, 1.807) is 4.90 Å². The van der Waals surface area contributed by atoms with Crippen LogP contribution in [0.1, 0.15) is 16.7 Å². The zero-order valence-electron chi connectivity index (χ0n) is 13.9. The Morgan fingerprint density at radius 3 is 2.46 bits per heavy atom. The number of amides is 1. The molecule has 0 radical (unpaired) electrons. The van der Waals surface area contributed by atoms with Gasteiger partial charge in [0.05, 0.1) is 18.2 Å². The molecule has 134 valence electrons. The number of piperazine rings is 1. The van der Waals surface area contributed by atoms with Crippen LogP contribution in [-0.4, -0.2) is 35.3 Å². The molecule has 1 saturated heterocycles. The van der Waals surface area contributed by atoms with Gasteiger partial charge in [0.2, 0.25) is 5.91 Å². The highest BCUT2D eigenvalue weighted by molar-refractivity contribution is 5.79. The highest BCUT2D eigenvalue weighted by Gasteiger charge is 2.25. The second kappa shape index (κ2) is 7.58. The minimum Gasteiger partial charge on any atom is -0.336 e. The number of carbonyl (C=O) groups excluding carboxylic acids is 1. The SMILES string of the molecule is N#Cc1ccc(CN2CCN(Cc3cc(F)ccc3F)C(=O)C2)c(F)c1. The van der Waals surface area contributed by atoms with Crippen LogP contribution in [-0.2, 0) is 17.9 Å². The molecule has 0 aliphatic carbocycles. The lowest BCUT2D eigenvalue weighted by Gasteiger charge is -2.34. The van der Waals surface area contributed by atoms with Gasteiger partial charge >= 0.3 is 0 Å². The molecule has 0 unspecified atom stereocenters. The number of carbonyl (C=O) groups is 1. The van der Waals surface area contributed by atoms with Crippen LogP contribution in [0.2, 0.25) is 0 Å². The maximum atomic E-state index is 14.0. The fourth-order valence-corrected chi connectivity index (χ4v) is 2.92. The Labute approximate surface area is 149 Å². The van der Waals surface area contributed by atoms with Gasteiger partial charge in [0, 0.05) is 37.3 Å². The summed E-state index contributed by atoms with van der Waals surface area (Å²) >= 11 is 0. The smallest absolute Gasteiger partial charge is 0.237 e. The number of hydrogen-bond donors (Lipinski definition) is 0. The van der Waals surface area contributed by atoms with Gasteiger partial charge < -0.3 is 4.90 Å². The minimum atomic E-state index is -0.554. The Balaban J connectivity index is 1.63. The van der Waals surface area contributed by atoms with Gasteiger partial charge in [0.1, 0.15) is 17.5 Å². The number of hydrogen-bond acceptors (Lipinski definition) is 3. The van der Waals surface area contributed by atoms with Crippen molar-refractivity contribution in [2.45, 2.75) is 13.1 Å². The highest BCUT2D eigenvalue weighted by Crippen LogP contribution is 2.17. The third-order valence-corrected chi connectivity index (χ3v) is 4.34. The van der Waals surface area contributed by atoms with Crippen LogP contribution in [0.5, 0.6) is 0 Å². The summed E-state index contributed by atoms with van der Waals surface area (Å²) in [6.07, 6.45) is 0. The predicted molar refractivity (Wildman–Crippen MR) is 88.2 cm³/mol. The van der Waals surface area contributed by atoms with Gasteiger partial charge in [-0.05, 0) is 30.3 Å². The van der Waals surface area contributed by atoms with Crippen molar-refractivity contribution in [2.75, 3.05) is 19.6 Å². The molecule has 1 amide bonds. The number of nitrogens with zero attached hydrogens (tertiary/aromatic N) is 3. The lowest BCUT2D eigenvalue weighted by atomic mass is 10.1. The van der Waals surface area contributed by atoms with Crippen LogP contribution in [0.4, 0.5) is 13.2 Å². The molecule has 0 N–H and O–H groups in total. The van der Waals surface area contributed by atoms with E-state index in [9.17, 15) is 18.0 Å². The van der Waals surface area contributed by atoms with Gasteiger partial charge in [-0.25, -0.2) is 13.2 Å². The average molecular weight is 359 g/mol. The summed E-state index contributed by atoms with van der Waals surface area (Å²) in [5.41, 5.74) is 0.774. The van der Waals surface area contributed by atoms with Crippen molar-refractivity contribution in [3.8, 4) is 6.07 Å². The third-order valence-electron chi connectivity index (χ3n) is 4.34. The fraction of sp³-hybridized carbons (Fsp3) is 0.263. The molecule has 0 spiro atoms. The van der Waals surface area contributed by atoms with Gasteiger partial charge in [-0.15, -0.1) is 0 Å². The lowest BCUT2D eigenvalue weighted by Crippen LogP contribution is -2.49. The van der Waals surface area contributed by atoms with E-state index in [0.29, 0.717) is 18.7 Å². The van der Waals surface area contributed by atoms with Crippen LogP contribution in [0.25, 0.3) is 0 Å². The first-order valence-electron chi connectivity index (χ1n) is 8.09. The third kappa shape index (κ3) is 4.03. The topological polar surface area (TPSA) is 47.3 Å². The standard InChI is InChI=1S/C19H16F3N3O/c20-16-3-4-17(21)15(8-16)11-25-6-5-24(12-19(25)26)10-14-2-1-13(9-23)7-18(14)22/h1-4,7-8H,5-6,10-12H2. The molecule has 0 atom stereocenters. The zero-order chi connectivity index (χ0) is 18.7. The van der Waals surface area contributed by atoms with Crippen LogP contribution in [0, 0.1) is 28.8 Å². The van der Waals surface area contributed by atoms with Crippen LogP contribution < -0.4 is 0 Å². The summed E-state index contributed by atoms with van der Waals surface area (Å²) in [6.45, 7) is 1.14. The molecule has 2 aromatic carbocycles. The predicted octanol–water partition coefficient (Wildman–Crippen LogP) is 2.82. The zero-order valence-corrected chi connectivity index (χ0v) is 13.9. The molecule has 1 aliphatic rings.